The van der Waals surface area contributed by atoms with Crippen LogP contribution in [0, 0.1) is 0 Å². The minimum atomic E-state index is -0.446. The fourth-order valence-corrected chi connectivity index (χ4v) is 2.27. The number of hydrogen-bond donors (Lipinski definition) is 2. The van der Waals surface area contributed by atoms with Gasteiger partial charge < -0.3 is 15.4 Å². The topological polar surface area (TPSA) is 50.4 Å². The largest absolute Gasteiger partial charge is 0.444 e. The Kier molecular flexibility index (Phi) is 9.67. The molecule has 0 aromatic heterocycles. The van der Waals surface area contributed by atoms with Gasteiger partial charge in [0.25, 0.3) is 0 Å². The fourth-order valence-electron chi connectivity index (χ4n) is 2.27. The molecule has 0 spiro atoms. The molecule has 0 fully saturated rings. The first-order chi connectivity index (χ1) is 9.78. The van der Waals surface area contributed by atoms with Gasteiger partial charge in [0, 0.05) is 12.1 Å². The van der Waals surface area contributed by atoms with Gasteiger partial charge in [-0.2, -0.15) is 0 Å². The summed E-state index contributed by atoms with van der Waals surface area (Å²) in [4.78, 5) is 11.8. The van der Waals surface area contributed by atoms with Crippen LogP contribution in [0.5, 0.6) is 0 Å². The van der Waals surface area contributed by atoms with Gasteiger partial charge in [-0.25, -0.2) is 4.79 Å². The molecule has 0 atom stereocenters. The predicted octanol–water partition coefficient (Wildman–Crippen LogP) is 4.24. The summed E-state index contributed by atoms with van der Waals surface area (Å²) in [5, 5.41) is 6.55. The molecule has 0 heterocycles. The van der Waals surface area contributed by atoms with Crippen LogP contribution in [0.1, 0.15) is 80.1 Å². The van der Waals surface area contributed by atoms with Crippen molar-refractivity contribution in [3.05, 3.63) is 0 Å². The number of unbranched alkanes of at least 4 members (excludes halogenated alkanes) is 3. The Hall–Kier alpha value is -0.770. The maximum Gasteiger partial charge on any atom is 0.407 e. The molecule has 4 heteroatoms. The molecule has 0 saturated carbocycles. The zero-order valence-electron chi connectivity index (χ0n) is 15.0. The molecule has 0 bridgehead atoms. The number of rotatable bonds is 10. The number of hydrogen-bond acceptors (Lipinski definition) is 3. The van der Waals surface area contributed by atoms with E-state index in [0.717, 1.165) is 19.4 Å². The van der Waals surface area contributed by atoms with E-state index in [1.807, 2.05) is 20.8 Å². The van der Waals surface area contributed by atoms with Crippen molar-refractivity contribution in [3.63, 3.8) is 0 Å². The van der Waals surface area contributed by atoms with Crippen molar-refractivity contribution in [1.82, 2.24) is 10.6 Å². The third-order valence-corrected chi connectivity index (χ3v) is 3.85. The molecule has 0 unspecified atom stereocenters. The predicted molar refractivity (Wildman–Crippen MR) is 89.7 cm³/mol. The van der Waals surface area contributed by atoms with Crippen LogP contribution in [0.15, 0.2) is 0 Å². The molecule has 21 heavy (non-hydrogen) atoms. The highest BCUT2D eigenvalue weighted by molar-refractivity contribution is 5.67. The third kappa shape index (κ3) is 9.72. The first kappa shape index (κ1) is 20.2. The Balaban J connectivity index is 4.23. The molecule has 2 N–H and O–H groups in total. The molecule has 0 saturated heterocycles. The van der Waals surface area contributed by atoms with Crippen molar-refractivity contribution in [2.24, 2.45) is 0 Å². The van der Waals surface area contributed by atoms with Crippen molar-refractivity contribution < 1.29 is 9.53 Å². The lowest BCUT2D eigenvalue weighted by Crippen LogP contribution is -2.53. The Morgan fingerprint density at radius 2 is 1.62 bits per heavy atom. The van der Waals surface area contributed by atoms with Crippen LogP contribution in [0.25, 0.3) is 0 Å². The van der Waals surface area contributed by atoms with Crippen molar-refractivity contribution in [2.45, 2.75) is 91.2 Å². The highest BCUT2D eigenvalue weighted by Gasteiger charge is 2.26. The Bertz CT molecular complexity index is 281. The number of alkyl carbamates (subject to hydrolysis) is 1. The lowest BCUT2D eigenvalue weighted by molar-refractivity contribution is 0.0507. The summed E-state index contributed by atoms with van der Waals surface area (Å²) in [6.45, 7) is 13.8. The van der Waals surface area contributed by atoms with E-state index in [0.29, 0.717) is 6.54 Å². The van der Waals surface area contributed by atoms with Gasteiger partial charge >= 0.3 is 6.09 Å². The van der Waals surface area contributed by atoms with E-state index in [4.69, 9.17) is 4.74 Å². The van der Waals surface area contributed by atoms with Gasteiger partial charge in [0.05, 0.1) is 0 Å². The second-order valence-electron chi connectivity index (χ2n) is 6.83. The molecular weight excluding hydrogens is 264 g/mol. The summed E-state index contributed by atoms with van der Waals surface area (Å²) >= 11 is 0. The van der Waals surface area contributed by atoms with Crippen LogP contribution < -0.4 is 10.6 Å². The lowest BCUT2D eigenvalue weighted by atomic mass is 9.92. The van der Waals surface area contributed by atoms with Crippen molar-refractivity contribution in [1.29, 1.82) is 0 Å². The molecule has 0 radical (unpaired) electrons. The van der Waals surface area contributed by atoms with Crippen LogP contribution >= 0.6 is 0 Å². The van der Waals surface area contributed by atoms with Crippen LogP contribution in [-0.4, -0.2) is 30.3 Å². The van der Waals surface area contributed by atoms with Crippen LogP contribution in [0.3, 0.4) is 0 Å². The molecular formula is C17H36N2O2. The van der Waals surface area contributed by atoms with Crippen molar-refractivity contribution >= 4 is 6.09 Å². The summed E-state index contributed by atoms with van der Waals surface area (Å²) in [5.41, 5.74) is -0.470. The van der Waals surface area contributed by atoms with Gasteiger partial charge in [0.1, 0.15) is 5.60 Å². The number of carbonyl (C=O) groups excluding carboxylic acids is 1. The number of carbonyl (C=O) groups is 1. The summed E-state index contributed by atoms with van der Waals surface area (Å²) in [6, 6.07) is 0. The smallest absolute Gasteiger partial charge is 0.407 e. The standard InChI is InChI=1S/C17H36N2O2/c1-7-10-11-12-13-19-17(8-2,9-3)14-18-15(20)21-16(4,5)6/h19H,7-14H2,1-6H3,(H,18,20). The molecule has 0 aliphatic carbocycles. The monoisotopic (exact) mass is 300 g/mol. The number of amides is 1. The zero-order chi connectivity index (χ0) is 16.4. The molecule has 1 amide bonds. The molecule has 0 aromatic carbocycles. The van der Waals surface area contributed by atoms with Crippen LogP contribution in [0.4, 0.5) is 4.79 Å². The van der Waals surface area contributed by atoms with E-state index in [1.54, 1.807) is 0 Å². The summed E-state index contributed by atoms with van der Waals surface area (Å²) in [5.74, 6) is 0. The minimum absolute atomic E-state index is 0.0247. The van der Waals surface area contributed by atoms with Gasteiger partial charge in [-0.3, -0.25) is 0 Å². The molecule has 0 aliphatic rings. The normalized spacial score (nSPS) is 12.3. The van der Waals surface area contributed by atoms with Crippen LogP contribution in [0.2, 0.25) is 0 Å². The van der Waals surface area contributed by atoms with Gasteiger partial charge in [-0.05, 0) is 46.6 Å². The van der Waals surface area contributed by atoms with E-state index < -0.39 is 5.60 Å². The highest BCUT2D eigenvalue weighted by Crippen LogP contribution is 2.15. The second kappa shape index (κ2) is 10.0. The van der Waals surface area contributed by atoms with E-state index in [-0.39, 0.29) is 11.6 Å². The van der Waals surface area contributed by atoms with E-state index >= 15 is 0 Å². The molecule has 0 aromatic rings. The van der Waals surface area contributed by atoms with Crippen molar-refractivity contribution in [3.8, 4) is 0 Å². The first-order valence-corrected chi connectivity index (χ1v) is 8.50. The fraction of sp³-hybridized carbons (Fsp3) is 0.941. The third-order valence-electron chi connectivity index (χ3n) is 3.85. The van der Waals surface area contributed by atoms with Gasteiger partial charge in [0.2, 0.25) is 0 Å². The van der Waals surface area contributed by atoms with Gasteiger partial charge in [-0.1, -0.05) is 40.0 Å². The summed E-state index contributed by atoms with van der Waals surface area (Å²) < 4.78 is 5.30. The summed E-state index contributed by atoms with van der Waals surface area (Å²) in [7, 11) is 0. The Morgan fingerprint density at radius 3 is 2.10 bits per heavy atom. The molecule has 126 valence electrons. The van der Waals surface area contributed by atoms with Gasteiger partial charge in [-0.15, -0.1) is 0 Å². The average Bonchev–Trinajstić information content (AvgIpc) is 2.40. The Morgan fingerprint density at radius 1 is 1.00 bits per heavy atom. The van der Waals surface area contributed by atoms with Crippen molar-refractivity contribution in [2.75, 3.05) is 13.1 Å². The maximum absolute atomic E-state index is 11.8. The minimum Gasteiger partial charge on any atom is -0.444 e. The number of nitrogens with one attached hydrogen (secondary N) is 2. The zero-order valence-corrected chi connectivity index (χ0v) is 15.0. The molecule has 0 aliphatic heterocycles. The van der Waals surface area contributed by atoms with E-state index in [1.165, 1.54) is 25.7 Å². The average molecular weight is 300 g/mol. The van der Waals surface area contributed by atoms with E-state index in [9.17, 15) is 4.79 Å². The summed E-state index contributed by atoms with van der Waals surface area (Å²) in [6.07, 6.45) is 6.67. The molecule has 0 rings (SSSR count). The van der Waals surface area contributed by atoms with Crippen LogP contribution in [-0.2, 0) is 4.74 Å². The van der Waals surface area contributed by atoms with E-state index in [2.05, 4.69) is 31.4 Å². The number of ether oxygens (including phenoxy) is 1. The second-order valence-corrected chi connectivity index (χ2v) is 6.83. The first-order valence-electron chi connectivity index (χ1n) is 8.50. The Labute approximate surface area is 131 Å². The quantitative estimate of drug-likeness (QED) is 0.593. The highest BCUT2D eigenvalue weighted by atomic mass is 16.6. The lowest BCUT2D eigenvalue weighted by Gasteiger charge is -2.34. The SMILES string of the molecule is CCCCCCNC(CC)(CC)CNC(=O)OC(C)(C)C. The maximum atomic E-state index is 11.8. The molecule has 4 nitrogen and oxygen atoms in total. The van der Waals surface area contributed by atoms with Gasteiger partial charge in [0.15, 0.2) is 0 Å².